The minimum absolute atomic E-state index is 0.128. The van der Waals surface area contributed by atoms with Crippen LogP contribution in [0.2, 0.25) is 0 Å². The molecular formula is C31H36N6O4. The van der Waals surface area contributed by atoms with Crippen LogP contribution in [0, 0.1) is 0 Å². The van der Waals surface area contributed by atoms with Crippen molar-refractivity contribution in [2.24, 2.45) is 10.8 Å². The summed E-state index contributed by atoms with van der Waals surface area (Å²) in [5, 5.41) is 12.0. The fourth-order valence-corrected chi connectivity index (χ4v) is 4.20. The molecule has 6 N–H and O–H groups in total. The Morgan fingerprint density at radius 2 is 1.29 bits per heavy atom. The average molecular weight is 557 g/mol. The number of rotatable bonds is 13. The fourth-order valence-electron chi connectivity index (χ4n) is 4.20. The van der Waals surface area contributed by atoms with E-state index in [9.17, 15) is 19.2 Å². The predicted octanol–water partition coefficient (Wildman–Crippen LogP) is 3.12. The lowest BCUT2D eigenvalue weighted by Crippen LogP contribution is -2.48. The molecule has 0 aliphatic carbocycles. The van der Waals surface area contributed by atoms with E-state index in [1.54, 1.807) is 30.3 Å². The maximum absolute atomic E-state index is 13.0. The Morgan fingerprint density at radius 1 is 0.780 bits per heavy atom. The molecule has 3 rings (SSSR count). The largest absolute Gasteiger partial charge is 0.342 e. The Bertz CT molecular complexity index is 1290. The van der Waals surface area contributed by atoms with Crippen LogP contribution in [0.5, 0.6) is 0 Å². The maximum Gasteiger partial charge on any atom is 0.335 e. The summed E-state index contributed by atoms with van der Waals surface area (Å²) in [6, 6.07) is 25.0. The normalized spacial score (nSPS) is 12.6. The van der Waals surface area contributed by atoms with Crippen LogP contribution in [0.15, 0.2) is 96.1 Å². The molecule has 10 heteroatoms. The number of ketones is 1. The van der Waals surface area contributed by atoms with E-state index in [-0.39, 0.29) is 11.5 Å². The summed E-state index contributed by atoms with van der Waals surface area (Å²) < 4.78 is 0. The molecule has 10 nitrogen and oxygen atoms in total. The van der Waals surface area contributed by atoms with Gasteiger partial charge in [0.15, 0.2) is 5.78 Å². The number of carbonyl (C=O) groups excluding carboxylic acids is 4. The maximum atomic E-state index is 13.0. The predicted molar refractivity (Wildman–Crippen MR) is 158 cm³/mol. The van der Waals surface area contributed by atoms with Gasteiger partial charge in [-0.1, -0.05) is 104 Å². The van der Waals surface area contributed by atoms with Gasteiger partial charge in [-0.25, -0.2) is 10.2 Å². The highest BCUT2D eigenvalue weighted by Crippen LogP contribution is 2.21. The Labute approximate surface area is 239 Å². The molecule has 0 fully saturated rings. The lowest BCUT2D eigenvalue weighted by Gasteiger charge is -2.20. The molecule has 3 aromatic carbocycles. The van der Waals surface area contributed by atoms with E-state index >= 15 is 0 Å². The molecule has 3 aromatic rings. The average Bonchev–Trinajstić information content (AvgIpc) is 2.99. The summed E-state index contributed by atoms with van der Waals surface area (Å²) in [5.74, 6) is -1.52. The number of amides is 4. The van der Waals surface area contributed by atoms with E-state index in [0.717, 1.165) is 11.1 Å². The molecule has 0 aromatic heterocycles. The highest BCUT2D eigenvalue weighted by Gasteiger charge is 2.23. The van der Waals surface area contributed by atoms with Gasteiger partial charge in [-0.05, 0) is 30.0 Å². The van der Waals surface area contributed by atoms with Gasteiger partial charge < -0.3 is 21.7 Å². The van der Waals surface area contributed by atoms with Crippen molar-refractivity contribution in [3.8, 4) is 0 Å². The first-order valence-electron chi connectivity index (χ1n) is 13.4. The van der Waals surface area contributed by atoms with Crippen LogP contribution < -0.4 is 27.1 Å². The molecule has 2 atom stereocenters. The van der Waals surface area contributed by atoms with E-state index in [1.165, 1.54) is 6.92 Å². The quantitative estimate of drug-likeness (QED) is 0.162. The minimum atomic E-state index is -0.844. The van der Waals surface area contributed by atoms with Crippen LogP contribution in [-0.2, 0) is 14.4 Å². The van der Waals surface area contributed by atoms with E-state index in [1.807, 2.05) is 67.6 Å². The molecule has 0 radical (unpaired) electrons. The van der Waals surface area contributed by atoms with Crippen LogP contribution in [0.25, 0.3) is 0 Å². The second-order valence-corrected chi connectivity index (χ2v) is 9.44. The molecule has 214 valence electrons. The van der Waals surface area contributed by atoms with Crippen molar-refractivity contribution in [3.63, 3.8) is 0 Å². The van der Waals surface area contributed by atoms with Crippen LogP contribution in [0.4, 0.5) is 4.79 Å². The molecule has 0 bridgehead atoms. The smallest absolute Gasteiger partial charge is 0.335 e. The second kappa shape index (κ2) is 15.7. The molecule has 0 saturated carbocycles. The van der Waals surface area contributed by atoms with Crippen molar-refractivity contribution >= 4 is 29.3 Å². The van der Waals surface area contributed by atoms with Gasteiger partial charge in [-0.15, -0.1) is 0 Å². The number of Topliss-reactive ketones (excluding diaryl/α,β-unsaturated/α-hetero) is 1. The van der Waals surface area contributed by atoms with E-state index in [2.05, 4.69) is 26.5 Å². The van der Waals surface area contributed by atoms with E-state index in [4.69, 9.17) is 5.73 Å². The van der Waals surface area contributed by atoms with Crippen LogP contribution in [0.1, 0.15) is 55.5 Å². The molecule has 41 heavy (non-hydrogen) atoms. The zero-order chi connectivity index (χ0) is 29.6. The van der Waals surface area contributed by atoms with Gasteiger partial charge in [-0.3, -0.25) is 14.4 Å². The molecule has 0 spiro atoms. The topological polar surface area (TPSA) is 155 Å². The SMILES string of the molecule is CCC[C@H](N)C(=NNC(=O)NC(c1ccccc1)c1ccccc1)C(=O)NCC(=O)N[C@H](C(C)=O)c1ccccc1. The Kier molecular flexibility index (Phi) is 11.7. The van der Waals surface area contributed by atoms with Crippen LogP contribution in [0.3, 0.4) is 0 Å². The number of nitrogens with one attached hydrogen (secondary N) is 4. The molecule has 0 heterocycles. The molecule has 0 aliphatic rings. The first-order chi connectivity index (χ1) is 19.8. The summed E-state index contributed by atoms with van der Waals surface area (Å²) >= 11 is 0. The van der Waals surface area contributed by atoms with E-state index < -0.39 is 42.5 Å². The van der Waals surface area contributed by atoms with Crippen molar-refractivity contribution < 1.29 is 19.2 Å². The lowest BCUT2D eigenvalue weighted by atomic mass is 9.99. The number of nitrogens with two attached hydrogens (primary N) is 1. The van der Waals surface area contributed by atoms with E-state index in [0.29, 0.717) is 18.4 Å². The van der Waals surface area contributed by atoms with Crippen LogP contribution >= 0.6 is 0 Å². The summed E-state index contributed by atoms with van der Waals surface area (Å²) in [7, 11) is 0. The molecule has 4 amide bonds. The summed E-state index contributed by atoms with van der Waals surface area (Å²) in [5.41, 5.74) is 10.8. The Balaban J connectivity index is 1.67. The van der Waals surface area contributed by atoms with Gasteiger partial charge in [0.05, 0.1) is 18.6 Å². The van der Waals surface area contributed by atoms with Crippen molar-refractivity contribution in [2.45, 2.75) is 44.8 Å². The lowest BCUT2D eigenvalue weighted by molar-refractivity contribution is -0.127. The third-order valence-corrected chi connectivity index (χ3v) is 6.26. The summed E-state index contributed by atoms with van der Waals surface area (Å²) in [6.07, 6.45) is 1.10. The highest BCUT2D eigenvalue weighted by molar-refractivity contribution is 6.41. The molecule has 0 unspecified atom stereocenters. The number of hydrazone groups is 1. The fraction of sp³-hybridized carbons (Fsp3) is 0.258. The Morgan fingerprint density at radius 3 is 1.78 bits per heavy atom. The number of benzene rings is 3. The number of carbonyl (C=O) groups is 4. The number of urea groups is 1. The first-order valence-corrected chi connectivity index (χ1v) is 13.4. The van der Waals surface area contributed by atoms with Crippen molar-refractivity contribution in [1.82, 2.24) is 21.4 Å². The third kappa shape index (κ3) is 9.40. The summed E-state index contributed by atoms with van der Waals surface area (Å²) in [4.78, 5) is 50.6. The van der Waals surface area contributed by atoms with Crippen molar-refractivity contribution in [2.75, 3.05) is 6.54 Å². The van der Waals surface area contributed by atoms with Crippen LogP contribution in [-0.4, -0.2) is 41.9 Å². The molecule has 0 aliphatic heterocycles. The van der Waals surface area contributed by atoms with Gasteiger partial charge >= 0.3 is 6.03 Å². The zero-order valence-electron chi connectivity index (χ0n) is 23.2. The third-order valence-electron chi connectivity index (χ3n) is 6.26. The number of nitrogens with zero attached hydrogens (tertiary/aromatic N) is 1. The van der Waals surface area contributed by atoms with Crippen molar-refractivity contribution in [1.29, 1.82) is 0 Å². The first kappa shape index (κ1) is 30.7. The Hall–Kier alpha value is -4.83. The van der Waals surface area contributed by atoms with Gasteiger partial charge in [0.25, 0.3) is 5.91 Å². The van der Waals surface area contributed by atoms with Crippen molar-refractivity contribution in [3.05, 3.63) is 108 Å². The highest BCUT2D eigenvalue weighted by atomic mass is 16.2. The molecular weight excluding hydrogens is 520 g/mol. The van der Waals surface area contributed by atoms with Gasteiger partial charge in [0.2, 0.25) is 5.91 Å². The van der Waals surface area contributed by atoms with Gasteiger partial charge in [-0.2, -0.15) is 5.10 Å². The standard InChI is InChI=1S/C31H36N6O4/c1-3-13-25(32)29(30(40)33-20-26(39)34-27(21(2)38)22-14-7-4-8-15-22)36-37-31(41)35-28(23-16-9-5-10-17-23)24-18-11-6-12-19-24/h4-12,14-19,25,27-28H,3,13,20,32H2,1-2H3,(H,33,40)(H,34,39)(H2,35,37,41)/t25-,27+/m0/s1. The minimum Gasteiger partial charge on any atom is -0.342 e. The monoisotopic (exact) mass is 556 g/mol. The summed E-state index contributed by atoms with van der Waals surface area (Å²) in [6.45, 7) is 2.87. The number of hydrogen-bond acceptors (Lipinski definition) is 6. The van der Waals surface area contributed by atoms with Gasteiger partial charge in [0, 0.05) is 0 Å². The van der Waals surface area contributed by atoms with Gasteiger partial charge in [0.1, 0.15) is 11.8 Å². The number of hydrogen-bond donors (Lipinski definition) is 5. The zero-order valence-corrected chi connectivity index (χ0v) is 23.2. The molecule has 0 saturated heterocycles. The second-order valence-electron chi connectivity index (χ2n) is 9.44.